The Balaban J connectivity index is 1.78. The Labute approximate surface area is 150 Å². The zero-order valence-corrected chi connectivity index (χ0v) is 15.5. The monoisotopic (exact) mass is 341 g/mol. The maximum absolute atomic E-state index is 12.1. The van der Waals surface area contributed by atoms with Crippen LogP contribution in [0.25, 0.3) is 0 Å². The lowest BCUT2D eigenvalue weighted by Crippen LogP contribution is -2.25. The maximum atomic E-state index is 12.1. The van der Waals surface area contributed by atoms with Gasteiger partial charge < -0.3 is 14.8 Å². The van der Waals surface area contributed by atoms with E-state index in [4.69, 9.17) is 9.47 Å². The average Bonchev–Trinajstić information content (AvgIpc) is 2.60. The predicted molar refractivity (Wildman–Crippen MR) is 100 cm³/mol. The van der Waals surface area contributed by atoms with Gasteiger partial charge in [0.2, 0.25) is 5.91 Å². The van der Waals surface area contributed by atoms with Crippen LogP contribution in [-0.2, 0) is 17.6 Å². The smallest absolute Gasteiger partial charge is 0.220 e. The first-order valence-electron chi connectivity index (χ1n) is 8.57. The second kappa shape index (κ2) is 9.11. The van der Waals surface area contributed by atoms with Crippen molar-refractivity contribution in [2.45, 2.75) is 33.1 Å². The Kier molecular flexibility index (Phi) is 6.87. The van der Waals surface area contributed by atoms with Crippen LogP contribution < -0.4 is 14.8 Å². The minimum absolute atomic E-state index is 0.0838. The van der Waals surface area contributed by atoms with Gasteiger partial charge in [-0.2, -0.15) is 0 Å². The Morgan fingerprint density at radius 2 is 1.72 bits per heavy atom. The molecule has 0 spiro atoms. The summed E-state index contributed by atoms with van der Waals surface area (Å²) in [5.74, 6) is 1.50. The normalized spacial score (nSPS) is 10.4. The third-order valence-corrected chi connectivity index (χ3v) is 4.30. The molecule has 0 bridgehead atoms. The largest absolute Gasteiger partial charge is 0.493 e. The topological polar surface area (TPSA) is 47.6 Å². The molecule has 0 atom stereocenters. The van der Waals surface area contributed by atoms with E-state index in [9.17, 15) is 4.79 Å². The van der Waals surface area contributed by atoms with Crippen molar-refractivity contribution in [3.63, 3.8) is 0 Å². The first-order chi connectivity index (χ1) is 12.0. The lowest BCUT2D eigenvalue weighted by Gasteiger charge is -2.10. The second-order valence-corrected chi connectivity index (χ2v) is 6.22. The van der Waals surface area contributed by atoms with Gasteiger partial charge in [0.05, 0.1) is 14.2 Å². The van der Waals surface area contributed by atoms with Gasteiger partial charge in [-0.3, -0.25) is 4.79 Å². The molecule has 0 radical (unpaired) electrons. The lowest BCUT2D eigenvalue weighted by atomic mass is 10.0. The van der Waals surface area contributed by atoms with Crippen molar-refractivity contribution in [1.29, 1.82) is 0 Å². The van der Waals surface area contributed by atoms with E-state index in [2.05, 4.69) is 37.4 Å². The van der Waals surface area contributed by atoms with Crippen molar-refractivity contribution in [1.82, 2.24) is 5.32 Å². The molecule has 1 amide bonds. The summed E-state index contributed by atoms with van der Waals surface area (Å²) >= 11 is 0. The van der Waals surface area contributed by atoms with E-state index in [1.807, 2.05) is 18.2 Å². The number of ether oxygens (including phenoxy) is 2. The molecule has 2 aromatic rings. The highest BCUT2D eigenvalue weighted by atomic mass is 16.5. The summed E-state index contributed by atoms with van der Waals surface area (Å²) in [5, 5.41) is 2.99. The summed E-state index contributed by atoms with van der Waals surface area (Å²) in [5.41, 5.74) is 4.84. The molecule has 0 aromatic heterocycles. The van der Waals surface area contributed by atoms with Gasteiger partial charge in [-0.1, -0.05) is 29.8 Å². The molecular formula is C21H27NO3. The van der Waals surface area contributed by atoms with E-state index < -0.39 is 0 Å². The van der Waals surface area contributed by atoms with E-state index in [1.54, 1.807) is 14.2 Å². The molecule has 0 heterocycles. The van der Waals surface area contributed by atoms with E-state index in [1.165, 1.54) is 16.7 Å². The zero-order chi connectivity index (χ0) is 18.2. The highest BCUT2D eigenvalue weighted by Gasteiger charge is 2.07. The molecule has 2 aromatic carbocycles. The van der Waals surface area contributed by atoms with Gasteiger partial charge in [-0.05, 0) is 55.5 Å². The molecule has 0 fully saturated rings. The number of methoxy groups -OCH3 is 2. The summed E-state index contributed by atoms with van der Waals surface area (Å²) in [4.78, 5) is 12.1. The van der Waals surface area contributed by atoms with Crippen LogP contribution in [0.3, 0.4) is 0 Å². The molecule has 0 aliphatic heterocycles. The Morgan fingerprint density at radius 3 is 2.40 bits per heavy atom. The second-order valence-electron chi connectivity index (χ2n) is 6.22. The molecule has 134 valence electrons. The number of carbonyl (C=O) groups is 1. The number of amides is 1. The van der Waals surface area contributed by atoms with Crippen molar-refractivity contribution < 1.29 is 14.3 Å². The number of hydrogen-bond donors (Lipinski definition) is 1. The van der Waals surface area contributed by atoms with Crippen molar-refractivity contribution in [2.75, 3.05) is 20.8 Å². The number of aryl methyl sites for hydroxylation is 3. The Morgan fingerprint density at radius 1 is 0.960 bits per heavy atom. The number of benzene rings is 2. The van der Waals surface area contributed by atoms with E-state index >= 15 is 0 Å². The standard InChI is InChI=1S/C21H27NO3/c1-15-5-7-18(16(2)13-15)8-10-21(23)22-12-11-17-6-9-19(24-3)20(14-17)25-4/h5-7,9,13-14H,8,10-12H2,1-4H3,(H,22,23). The molecule has 1 N–H and O–H groups in total. The lowest BCUT2D eigenvalue weighted by molar-refractivity contribution is -0.121. The third kappa shape index (κ3) is 5.52. The molecule has 0 saturated heterocycles. The Bertz CT molecular complexity index is 725. The van der Waals surface area contributed by atoms with Gasteiger partial charge in [0.1, 0.15) is 0 Å². The molecular weight excluding hydrogens is 314 g/mol. The molecule has 0 saturated carbocycles. The van der Waals surface area contributed by atoms with Crippen LogP contribution in [0.1, 0.15) is 28.7 Å². The molecule has 4 nitrogen and oxygen atoms in total. The predicted octanol–water partition coefficient (Wildman–Crippen LogP) is 3.61. The third-order valence-electron chi connectivity index (χ3n) is 4.30. The van der Waals surface area contributed by atoms with Crippen LogP contribution in [0.4, 0.5) is 0 Å². The van der Waals surface area contributed by atoms with Crippen LogP contribution in [0, 0.1) is 13.8 Å². The van der Waals surface area contributed by atoms with Crippen LogP contribution in [0.2, 0.25) is 0 Å². The highest BCUT2D eigenvalue weighted by molar-refractivity contribution is 5.76. The summed E-state index contributed by atoms with van der Waals surface area (Å²) in [7, 11) is 3.24. The molecule has 0 unspecified atom stereocenters. The van der Waals surface area contributed by atoms with Gasteiger partial charge in [0, 0.05) is 13.0 Å². The van der Waals surface area contributed by atoms with Crippen LogP contribution >= 0.6 is 0 Å². The minimum atomic E-state index is 0.0838. The van der Waals surface area contributed by atoms with Crippen LogP contribution in [0.15, 0.2) is 36.4 Å². The van der Waals surface area contributed by atoms with Gasteiger partial charge in [-0.25, -0.2) is 0 Å². The van der Waals surface area contributed by atoms with E-state index in [-0.39, 0.29) is 5.91 Å². The highest BCUT2D eigenvalue weighted by Crippen LogP contribution is 2.27. The molecule has 4 heteroatoms. The number of hydrogen-bond acceptors (Lipinski definition) is 3. The van der Waals surface area contributed by atoms with Crippen LogP contribution in [-0.4, -0.2) is 26.7 Å². The van der Waals surface area contributed by atoms with Crippen molar-refractivity contribution in [3.8, 4) is 11.5 Å². The number of nitrogens with one attached hydrogen (secondary N) is 1. The number of carbonyl (C=O) groups excluding carboxylic acids is 1. The summed E-state index contributed by atoms with van der Waals surface area (Å²) in [6.07, 6.45) is 2.04. The summed E-state index contributed by atoms with van der Waals surface area (Å²) in [6.45, 7) is 4.79. The quantitative estimate of drug-likeness (QED) is 0.798. The van der Waals surface area contributed by atoms with Gasteiger partial charge in [0.25, 0.3) is 0 Å². The average molecular weight is 341 g/mol. The maximum Gasteiger partial charge on any atom is 0.220 e. The summed E-state index contributed by atoms with van der Waals surface area (Å²) < 4.78 is 10.5. The van der Waals surface area contributed by atoms with Crippen molar-refractivity contribution in [2.24, 2.45) is 0 Å². The first kappa shape index (κ1) is 18.8. The van der Waals surface area contributed by atoms with Crippen molar-refractivity contribution >= 4 is 5.91 Å². The van der Waals surface area contributed by atoms with E-state index in [0.717, 1.165) is 18.4 Å². The fraction of sp³-hybridized carbons (Fsp3) is 0.381. The minimum Gasteiger partial charge on any atom is -0.493 e. The SMILES string of the molecule is COc1ccc(CCNC(=O)CCc2ccc(C)cc2C)cc1OC. The van der Waals surface area contributed by atoms with Gasteiger partial charge >= 0.3 is 0 Å². The molecule has 25 heavy (non-hydrogen) atoms. The molecule has 2 rings (SSSR count). The fourth-order valence-corrected chi connectivity index (χ4v) is 2.85. The van der Waals surface area contributed by atoms with E-state index in [0.29, 0.717) is 24.5 Å². The molecule has 0 aliphatic carbocycles. The first-order valence-corrected chi connectivity index (χ1v) is 8.57. The van der Waals surface area contributed by atoms with Crippen LogP contribution in [0.5, 0.6) is 11.5 Å². The van der Waals surface area contributed by atoms with Gasteiger partial charge in [0.15, 0.2) is 11.5 Å². The van der Waals surface area contributed by atoms with Crippen molar-refractivity contribution in [3.05, 3.63) is 58.7 Å². The summed E-state index contributed by atoms with van der Waals surface area (Å²) in [6, 6.07) is 12.2. The van der Waals surface area contributed by atoms with Gasteiger partial charge in [-0.15, -0.1) is 0 Å². The zero-order valence-electron chi connectivity index (χ0n) is 15.5. The number of rotatable bonds is 8. The molecule has 0 aliphatic rings. The fourth-order valence-electron chi connectivity index (χ4n) is 2.85. The Hall–Kier alpha value is -2.49.